The largest absolute Gasteiger partial charge is 0.480 e. The summed E-state index contributed by atoms with van der Waals surface area (Å²) in [4.78, 5) is 21.4. The Bertz CT molecular complexity index is 240. The van der Waals surface area contributed by atoms with Gasteiger partial charge in [-0.3, -0.25) is 9.59 Å². The molecular weight excluding hydrogens is 202 g/mol. The molecule has 0 saturated carbocycles. The number of thioether (sulfide) groups is 1. The van der Waals surface area contributed by atoms with E-state index in [1.807, 2.05) is 0 Å². The molecule has 0 heterocycles. The number of aliphatic carboxylic acids is 1. The van der Waals surface area contributed by atoms with Gasteiger partial charge in [-0.15, -0.1) is 0 Å². The van der Waals surface area contributed by atoms with Crippen molar-refractivity contribution in [2.45, 2.75) is 25.8 Å². The quantitative estimate of drug-likeness (QED) is 0.512. The van der Waals surface area contributed by atoms with Crippen LogP contribution in [0.1, 0.15) is 19.8 Å². The summed E-state index contributed by atoms with van der Waals surface area (Å²) >= 11 is 1.15. The molecule has 0 aromatic heterocycles. The van der Waals surface area contributed by atoms with E-state index in [4.69, 9.17) is 10.8 Å². The average Bonchev–Trinajstić information content (AvgIpc) is 2.11. The van der Waals surface area contributed by atoms with Gasteiger partial charge in [-0.2, -0.15) is 0 Å². The lowest BCUT2D eigenvalue weighted by Crippen LogP contribution is -2.29. The Hall–Kier alpha value is -0.810. The number of nitrogens with two attached hydrogens (primary N) is 1. The summed E-state index contributed by atoms with van der Waals surface area (Å²) < 4.78 is 0. The Balaban J connectivity index is 3.52. The Kier molecular flexibility index (Phi) is 6.23. The fourth-order valence-corrected chi connectivity index (χ4v) is 1.46. The zero-order valence-corrected chi connectivity index (χ0v) is 8.97. The van der Waals surface area contributed by atoms with Crippen LogP contribution in [0.3, 0.4) is 0 Å². The van der Waals surface area contributed by atoms with Gasteiger partial charge in [-0.25, -0.2) is 0 Å². The summed E-state index contributed by atoms with van der Waals surface area (Å²) in [7, 11) is 0. The minimum absolute atomic E-state index is 0.0473. The molecule has 0 aromatic carbocycles. The van der Waals surface area contributed by atoms with Gasteiger partial charge >= 0.3 is 5.97 Å². The smallest absolute Gasteiger partial charge is 0.320 e. The number of hydrogen-bond acceptors (Lipinski definition) is 4. The molecular formula is C9H15NO3S. The van der Waals surface area contributed by atoms with Crippen molar-refractivity contribution in [2.75, 3.05) is 5.75 Å². The Morgan fingerprint density at radius 1 is 1.57 bits per heavy atom. The molecule has 5 heteroatoms. The molecule has 0 aliphatic carbocycles. The van der Waals surface area contributed by atoms with Crippen LogP contribution in [0.4, 0.5) is 0 Å². The zero-order valence-electron chi connectivity index (χ0n) is 8.16. The van der Waals surface area contributed by atoms with E-state index in [1.54, 1.807) is 6.92 Å². The van der Waals surface area contributed by atoms with Gasteiger partial charge in [-0.05, 0) is 25.3 Å². The van der Waals surface area contributed by atoms with Crippen LogP contribution in [0.25, 0.3) is 0 Å². The highest BCUT2D eigenvalue weighted by atomic mass is 32.2. The van der Waals surface area contributed by atoms with E-state index in [1.165, 1.54) is 0 Å². The van der Waals surface area contributed by atoms with Crippen molar-refractivity contribution in [1.82, 2.24) is 0 Å². The number of rotatable bonds is 6. The van der Waals surface area contributed by atoms with Crippen LogP contribution in [0.5, 0.6) is 0 Å². The molecule has 0 spiro atoms. The van der Waals surface area contributed by atoms with Crippen molar-refractivity contribution < 1.29 is 14.7 Å². The predicted octanol–water partition coefficient (Wildman–Crippen LogP) is 1.01. The van der Waals surface area contributed by atoms with Crippen molar-refractivity contribution in [3.8, 4) is 0 Å². The lowest BCUT2D eigenvalue weighted by Gasteiger charge is -2.04. The number of carboxylic acids is 1. The third-order valence-electron chi connectivity index (χ3n) is 1.56. The molecule has 0 aliphatic heterocycles. The highest BCUT2D eigenvalue weighted by Gasteiger charge is 2.11. The lowest BCUT2D eigenvalue weighted by molar-refractivity contribution is -0.138. The molecule has 1 unspecified atom stereocenters. The van der Waals surface area contributed by atoms with E-state index in [-0.39, 0.29) is 5.12 Å². The molecule has 0 fully saturated rings. The molecule has 0 amide bonds. The SMILES string of the molecule is C=C(C)C(=O)SCCCC(N)C(=O)O. The second kappa shape index (κ2) is 6.62. The average molecular weight is 217 g/mol. The fraction of sp³-hybridized carbons (Fsp3) is 0.556. The number of carboxylic acid groups (broad SMARTS) is 1. The van der Waals surface area contributed by atoms with Gasteiger partial charge in [0, 0.05) is 5.75 Å². The predicted molar refractivity (Wildman–Crippen MR) is 57.1 cm³/mol. The Morgan fingerprint density at radius 3 is 2.57 bits per heavy atom. The number of carbonyl (C=O) groups excluding carboxylic acids is 1. The third-order valence-corrected chi connectivity index (χ3v) is 2.66. The number of carbonyl (C=O) groups is 2. The van der Waals surface area contributed by atoms with E-state index in [0.29, 0.717) is 24.2 Å². The molecule has 0 saturated heterocycles. The molecule has 1 atom stereocenters. The zero-order chi connectivity index (χ0) is 11.1. The van der Waals surface area contributed by atoms with Crippen LogP contribution in [0.15, 0.2) is 12.2 Å². The topological polar surface area (TPSA) is 80.4 Å². The summed E-state index contributed by atoms with van der Waals surface area (Å²) in [5.41, 5.74) is 5.79. The number of hydrogen-bond donors (Lipinski definition) is 2. The maximum atomic E-state index is 11.0. The normalized spacial score (nSPS) is 12.1. The van der Waals surface area contributed by atoms with Crippen LogP contribution in [0, 0.1) is 0 Å². The van der Waals surface area contributed by atoms with Crippen LogP contribution < -0.4 is 5.73 Å². The second-order valence-corrected chi connectivity index (χ2v) is 4.07. The van der Waals surface area contributed by atoms with Gasteiger partial charge in [0.25, 0.3) is 0 Å². The standard InChI is InChI=1S/C9H15NO3S/c1-6(2)9(13)14-5-3-4-7(10)8(11)12/h7H,1,3-5,10H2,2H3,(H,11,12). The first kappa shape index (κ1) is 13.2. The van der Waals surface area contributed by atoms with Gasteiger partial charge in [-0.1, -0.05) is 18.3 Å². The van der Waals surface area contributed by atoms with E-state index < -0.39 is 12.0 Å². The van der Waals surface area contributed by atoms with Gasteiger partial charge < -0.3 is 10.8 Å². The van der Waals surface area contributed by atoms with E-state index in [0.717, 1.165) is 11.8 Å². The molecule has 0 radical (unpaired) electrons. The molecule has 4 nitrogen and oxygen atoms in total. The van der Waals surface area contributed by atoms with Crippen LogP contribution in [-0.2, 0) is 9.59 Å². The van der Waals surface area contributed by atoms with Gasteiger partial charge in [0.15, 0.2) is 0 Å². The Morgan fingerprint density at radius 2 is 2.14 bits per heavy atom. The first-order chi connectivity index (χ1) is 6.45. The van der Waals surface area contributed by atoms with E-state index in [9.17, 15) is 9.59 Å². The highest BCUT2D eigenvalue weighted by molar-refractivity contribution is 8.14. The maximum absolute atomic E-state index is 11.0. The highest BCUT2D eigenvalue weighted by Crippen LogP contribution is 2.11. The van der Waals surface area contributed by atoms with Crippen LogP contribution in [0.2, 0.25) is 0 Å². The van der Waals surface area contributed by atoms with Gasteiger partial charge in [0.2, 0.25) is 5.12 Å². The fourth-order valence-electron chi connectivity index (χ4n) is 0.715. The molecule has 14 heavy (non-hydrogen) atoms. The molecule has 3 N–H and O–H groups in total. The van der Waals surface area contributed by atoms with Crippen molar-refractivity contribution in [2.24, 2.45) is 5.73 Å². The van der Waals surface area contributed by atoms with Crippen molar-refractivity contribution >= 4 is 22.8 Å². The molecule has 0 aliphatic rings. The van der Waals surface area contributed by atoms with E-state index in [2.05, 4.69) is 6.58 Å². The van der Waals surface area contributed by atoms with Gasteiger partial charge in [0.1, 0.15) is 6.04 Å². The second-order valence-electron chi connectivity index (χ2n) is 3.00. The minimum Gasteiger partial charge on any atom is -0.480 e. The van der Waals surface area contributed by atoms with Crippen LogP contribution >= 0.6 is 11.8 Å². The first-order valence-electron chi connectivity index (χ1n) is 4.26. The molecule has 0 aromatic rings. The molecule has 0 rings (SSSR count). The summed E-state index contributed by atoms with van der Waals surface area (Å²) in [5.74, 6) is -0.409. The van der Waals surface area contributed by atoms with Crippen molar-refractivity contribution in [3.63, 3.8) is 0 Å². The minimum atomic E-state index is -0.999. The van der Waals surface area contributed by atoms with Gasteiger partial charge in [0.05, 0.1) is 0 Å². The Labute approximate surface area is 87.5 Å². The van der Waals surface area contributed by atoms with Crippen molar-refractivity contribution in [3.05, 3.63) is 12.2 Å². The lowest BCUT2D eigenvalue weighted by atomic mass is 10.2. The summed E-state index contributed by atoms with van der Waals surface area (Å²) in [6.07, 6.45) is 1.02. The maximum Gasteiger partial charge on any atom is 0.320 e. The summed E-state index contributed by atoms with van der Waals surface area (Å²) in [6.45, 7) is 5.16. The first-order valence-corrected chi connectivity index (χ1v) is 5.24. The van der Waals surface area contributed by atoms with Crippen molar-refractivity contribution in [1.29, 1.82) is 0 Å². The molecule has 80 valence electrons. The third kappa shape index (κ3) is 5.77. The summed E-state index contributed by atoms with van der Waals surface area (Å²) in [5, 5.41) is 8.42. The summed E-state index contributed by atoms with van der Waals surface area (Å²) in [6, 6.07) is -0.824. The molecule has 0 bridgehead atoms. The van der Waals surface area contributed by atoms with Crippen LogP contribution in [-0.4, -0.2) is 28.0 Å². The monoisotopic (exact) mass is 217 g/mol. The van der Waals surface area contributed by atoms with E-state index >= 15 is 0 Å².